The minimum atomic E-state index is -0.749. The molecular weight excluding hydrogens is 324 g/mol. The Bertz CT molecular complexity index is 895. The van der Waals surface area contributed by atoms with Crippen LogP contribution in [0.1, 0.15) is 36.3 Å². The standard InChI is InChI=1S/C18H18N2O3S/c1-2-9-23-12-5-3-11(4-6-12)14-10-20-16-13(17(21)22)7-8-15(16)24-18(20)19-14/h3-6,10,13H,2,7-9H2,1H3,(H,21,22). The Labute approximate surface area is 143 Å². The summed E-state index contributed by atoms with van der Waals surface area (Å²) >= 11 is 1.60. The molecule has 0 fully saturated rings. The van der Waals surface area contributed by atoms with Crippen LogP contribution in [0.15, 0.2) is 30.5 Å². The summed E-state index contributed by atoms with van der Waals surface area (Å²) in [5.41, 5.74) is 2.78. The highest BCUT2D eigenvalue weighted by Gasteiger charge is 2.33. The third kappa shape index (κ3) is 2.47. The number of fused-ring (bicyclic) bond motifs is 3. The topological polar surface area (TPSA) is 63.8 Å². The van der Waals surface area contributed by atoms with Crippen molar-refractivity contribution in [1.29, 1.82) is 0 Å². The third-order valence-corrected chi connectivity index (χ3v) is 5.47. The second-order valence-corrected chi connectivity index (χ2v) is 7.05. The minimum absolute atomic E-state index is 0.416. The van der Waals surface area contributed by atoms with Crippen LogP contribution in [0, 0.1) is 0 Å². The second kappa shape index (κ2) is 5.94. The fourth-order valence-corrected chi connectivity index (χ4v) is 4.36. The van der Waals surface area contributed by atoms with Crippen LogP contribution in [0.4, 0.5) is 0 Å². The van der Waals surface area contributed by atoms with Crippen molar-refractivity contribution in [2.24, 2.45) is 0 Å². The van der Waals surface area contributed by atoms with Crippen LogP contribution in [-0.2, 0) is 11.2 Å². The lowest BCUT2D eigenvalue weighted by Crippen LogP contribution is -2.09. The summed E-state index contributed by atoms with van der Waals surface area (Å²) in [6.45, 7) is 2.79. The van der Waals surface area contributed by atoms with Gasteiger partial charge in [0.15, 0.2) is 4.96 Å². The molecule has 2 aromatic heterocycles. The largest absolute Gasteiger partial charge is 0.494 e. The summed E-state index contributed by atoms with van der Waals surface area (Å²) in [7, 11) is 0. The maximum Gasteiger partial charge on any atom is 0.312 e. The quantitative estimate of drug-likeness (QED) is 0.762. The number of hydrogen-bond donors (Lipinski definition) is 1. The SMILES string of the molecule is CCCOc1ccc(-c2cn3c4c(sc3n2)CCC4C(=O)O)cc1. The number of nitrogens with zero attached hydrogens (tertiary/aromatic N) is 2. The number of hydrogen-bond acceptors (Lipinski definition) is 4. The Morgan fingerprint density at radius 1 is 1.42 bits per heavy atom. The van der Waals surface area contributed by atoms with Gasteiger partial charge in [-0.3, -0.25) is 9.20 Å². The molecule has 0 radical (unpaired) electrons. The van der Waals surface area contributed by atoms with Gasteiger partial charge in [-0.25, -0.2) is 4.98 Å². The predicted molar refractivity (Wildman–Crippen MR) is 93.0 cm³/mol. The zero-order valence-electron chi connectivity index (χ0n) is 13.4. The predicted octanol–water partition coefficient (Wildman–Crippen LogP) is 3.97. The van der Waals surface area contributed by atoms with Crippen LogP contribution in [0.25, 0.3) is 16.2 Å². The van der Waals surface area contributed by atoms with Crippen molar-refractivity contribution in [3.63, 3.8) is 0 Å². The smallest absolute Gasteiger partial charge is 0.312 e. The Hall–Kier alpha value is -2.34. The van der Waals surface area contributed by atoms with E-state index in [1.54, 1.807) is 11.3 Å². The van der Waals surface area contributed by atoms with Gasteiger partial charge >= 0.3 is 5.97 Å². The first kappa shape index (κ1) is 15.2. The average Bonchev–Trinajstić information content (AvgIpc) is 3.23. The van der Waals surface area contributed by atoms with Gasteiger partial charge < -0.3 is 9.84 Å². The van der Waals surface area contributed by atoms with E-state index in [9.17, 15) is 9.90 Å². The third-order valence-electron chi connectivity index (χ3n) is 4.34. The highest BCUT2D eigenvalue weighted by atomic mass is 32.1. The first-order chi connectivity index (χ1) is 11.7. The first-order valence-electron chi connectivity index (χ1n) is 8.14. The molecule has 1 unspecified atom stereocenters. The van der Waals surface area contributed by atoms with E-state index in [4.69, 9.17) is 4.74 Å². The highest BCUT2D eigenvalue weighted by Crippen LogP contribution is 2.39. The molecule has 0 spiro atoms. The van der Waals surface area contributed by atoms with E-state index in [0.29, 0.717) is 13.0 Å². The lowest BCUT2D eigenvalue weighted by Gasteiger charge is -2.05. The number of benzene rings is 1. The monoisotopic (exact) mass is 342 g/mol. The van der Waals surface area contributed by atoms with Gasteiger partial charge in [-0.05, 0) is 43.5 Å². The number of ether oxygens (including phenoxy) is 1. The van der Waals surface area contributed by atoms with Crippen molar-refractivity contribution >= 4 is 22.3 Å². The van der Waals surface area contributed by atoms with Crippen LogP contribution in [0.3, 0.4) is 0 Å². The molecule has 24 heavy (non-hydrogen) atoms. The van der Waals surface area contributed by atoms with Crippen LogP contribution in [-0.4, -0.2) is 27.1 Å². The normalized spacial score (nSPS) is 16.5. The van der Waals surface area contributed by atoms with Crippen LogP contribution in [0.2, 0.25) is 0 Å². The molecular formula is C18H18N2O3S. The molecule has 5 nitrogen and oxygen atoms in total. The Kier molecular flexibility index (Phi) is 3.76. The molecule has 1 aromatic carbocycles. The summed E-state index contributed by atoms with van der Waals surface area (Å²) in [6, 6.07) is 7.88. The van der Waals surface area contributed by atoms with E-state index in [-0.39, 0.29) is 0 Å². The van der Waals surface area contributed by atoms with E-state index >= 15 is 0 Å². The van der Waals surface area contributed by atoms with Crippen LogP contribution >= 0.6 is 11.3 Å². The molecule has 0 saturated carbocycles. The van der Waals surface area contributed by atoms with E-state index < -0.39 is 11.9 Å². The van der Waals surface area contributed by atoms with Gasteiger partial charge in [0, 0.05) is 16.6 Å². The van der Waals surface area contributed by atoms with Crippen molar-refractivity contribution in [2.45, 2.75) is 32.1 Å². The number of aliphatic carboxylic acids is 1. The molecule has 1 aliphatic rings. The zero-order valence-corrected chi connectivity index (χ0v) is 14.2. The molecule has 2 heterocycles. The average molecular weight is 342 g/mol. The lowest BCUT2D eigenvalue weighted by atomic mass is 10.1. The molecule has 0 aliphatic heterocycles. The van der Waals surface area contributed by atoms with Crippen molar-refractivity contribution in [1.82, 2.24) is 9.38 Å². The number of aromatic nitrogens is 2. The number of carboxylic acids is 1. The summed E-state index contributed by atoms with van der Waals surface area (Å²) in [6.07, 6.45) is 4.45. The molecule has 1 atom stereocenters. The number of imidazole rings is 1. The fraction of sp³-hybridized carbons (Fsp3) is 0.333. The van der Waals surface area contributed by atoms with Crippen molar-refractivity contribution in [3.8, 4) is 17.0 Å². The minimum Gasteiger partial charge on any atom is -0.494 e. The molecule has 1 aliphatic carbocycles. The van der Waals surface area contributed by atoms with E-state index in [2.05, 4.69) is 11.9 Å². The molecule has 3 aromatic rings. The second-order valence-electron chi connectivity index (χ2n) is 5.99. The van der Waals surface area contributed by atoms with Crippen molar-refractivity contribution < 1.29 is 14.6 Å². The Morgan fingerprint density at radius 3 is 2.92 bits per heavy atom. The van der Waals surface area contributed by atoms with E-state index in [1.807, 2.05) is 34.9 Å². The molecule has 0 bridgehead atoms. The van der Waals surface area contributed by atoms with Crippen molar-refractivity contribution in [3.05, 3.63) is 41.0 Å². The van der Waals surface area contributed by atoms with Crippen LogP contribution in [0.5, 0.6) is 5.75 Å². The highest BCUT2D eigenvalue weighted by molar-refractivity contribution is 7.17. The maximum atomic E-state index is 11.5. The molecule has 1 N–H and O–H groups in total. The number of carboxylic acid groups (broad SMARTS) is 1. The number of thiazole rings is 1. The number of aryl methyl sites for hydroxylation is 1. The van der Waals surface area contributed by atoms with Gasteiger partial charge in [-0.2, -0.15) is 0 Å². The molecule has 0 saturated heterocycles. The fourth-order valence-electron chi connectivity index (χ4n) is 3.18. The van der Waals surface area contributed by atoms with E-state index in [0.717, 1.165) is 45.4 Å². The van der Waals surface area contributed by atoms with Gasteiger partial charge in [0.25, 0.3) is 0 Å². The summed E-state index contributed by atoms with van der Waals surface area (Å²) in [5, 5.41) is 9.42. The van der Waals surface area contributed by atoms with Gasteiger partial charge in [-0.15, -0.1) is 11.3 Å². The van der Waals surface area contributed by atoms with Gasteiger partial charge in [0.1, 0.15) is 5.75 Å². The van der Waals surface area contributed by atoms with Gasteiger partial charge in [-0.1, -0.05) is 6.92 Å². The first-order valence-corrected chi connectivity index (χ1v) is 8.95. The number of rotatable bonds is 5. The van der Waals surface area contributed by atoms with Gasteiger partial charge in [0.2, 0.25) is 0 Å². The lowest BCUT2D eigenvalue weighted by molar-refractivity contribution is -0.138. The van der Waals surface area contributed by atoms with E-state index in [1.165, 1.54) is 0 Å². The zero-order chi connectivity index (χ0) is 16.7. The summed E-state index contributed by atoms with van der Waals surface area (Å²) in [5.74, 6) is -0.310. The van der Waals surface area contributed by atoms with Gasteiger partial charge in [0.05, 0.1) is 23.9 Å². The Morgan fingerprint density at radius 2 is 2.21 bits per heavy atom. The van der Waals surface area contributed by atoms with Crippen molar-refractivity contribution in [2.75, 3.05) is 6.61 Å². The molecule has 124 valence electrons. The number of carbonyl (C=O) groups is 1. The maximum absolute atomic E-state index is 11.5. The molecule has 0 amide bonds. The Balaban J connectivity index is 1.68. The van der Waals surface area contributed by atoms with Crippen LogP contribution < -0.4 is 4.74 Å². The molecule has 6 heteroatoms. The summed E-state index contributed by atoms with van der Waals surface area (Å²) in [4.78, 5) is 18.2. The molecule has 4 rings (SSSR count). The summed E-state index contributed by atoms with van der Waals surface area (Å²) < 4.78 is 7.56.